The van der Waals surface area contributed by atoms with Crippen LogP contribution in [0.1, 0.15) is 27.2 Å². The Labute approximate surface area is 86.5 Å². The van der Waals surface area contributed by atoms with Crippen LogP contribution in [-0.4, -0.2) is 35.8 Å². The van der Waals surface area contributed by atoms with Gasteiger partial charge in [0.05, 0.1) is 6.61 Å². The molecular weight excluding hydrogens is 182 g/mol. The molecule has 0 aromatic carbocycles. The standard InChI is InChI=1S/C10H23NOS/c1-5-8(2)10(11-4)7-13-9(3)6-12/h8-12H,5-7H2,1-4H3. The highest BCUT2D eigenvalue weighted by molar-refractivity contribution is 7.99. The fourth-order valence-corrected chi connectivity index (χ4v) is 2.27. The van der Waals surface area contributed by atoms with Crippen molar-refractivity contribution in [3.05, 3.63) is 0 Å². The van der Waals surface area contributed by atoms with Crippen LogP contribution in [0.2, 0.25) is 0 Å². The maximum absolute atomic E-state index is 8.87. The van der Waals surface area contributed by atoms with Gasteiger partial charge in [0.2, 0.25) is 0 Å². The first kappa shape index (κ1) is 13.3. The summed E-state index contributed by atoms with van der Waals surface area (Å²) in [7, 11) is 2.01. The Balaban J connectivity index is 3.71. The third-order valence-electron chi connectivity index (χ3n) is 2.52. The Morgan fingerprint density at radius 2 is 2.00 bits per heavy atom. The molecule has 0 aliphatic carbocycles. The molecule has 0 rings (SSSR count). The monoisotopic (exact) mass is 205 g/mol. The molecule has 0 fully saturated rings. The highest BCUT2D eigenvalue weighted by Crippen LogP contribution is 2.16. The fraction of sp³-hybridized carbons (Fsp3) is 1.00. The molecule has 0 aliphatic heterocycles. The van der Waals surface area contributed by atoms with Crippen molar-refractivity contribution in [2.24, 2.45) is 5.92 Å². The summed E-state index contributed by atoms with van der Waals surface area (Å²) in [5.41, 5.74) is 0. The van der Waals surface area contributed by atoms with Crippen molar-refractivity contribution in [2.75, 3.05) is 19.4 Å². The summed E-state index contributed by atoms with van der Waals surface area (Å²) in [6.07, 6.45) is 1.21. The van der Waals surface area contributed by atoms with E-state index in [2.05, 4.69) is 26.1 Å². The average molecular weight is 205 g/mol. The summed E-state index contributed by atoms with van der Waals surface area (Å²) in [6, 6.07) is 0.573. The molecule has 0 spiro atoms. The third-order valence-corrected chi connectivity index (χ3v) is 3.79. The van der Waals surface area contributed by atoms with Crippen molar-refractivity contribution in [3.8, 4) is 0 Å². The predicted molar refractivity (Wildman–Crippen MR) is 61.3 cm³/mol. The normalized spacial score (nSPS) is 18.2. The molecule has 0 aliphatic rings. The largest absolute Gasteiger partial charge is 0.395 e. The van der Waals surface area contributed by atoms with Crippen molar-refractivity contribution in [1.29, 1.82) is 0 Å². The molecule has 0 aromatic rings. The van der Waals surface area contributed by atoms with Gasteiger partial charge in [-0.05, 0) is 13.0 Å². The van der Waals surface area contributed by atoms with Crippen LogP contribution in [-0.2, 0) is 0 Å². The third kappa shape index (κ3) is 5.55. The summed E-state index contributed by atoms with van der Waals surface area (Å²) < 4.78 is 0. The molecule has 0 saturated heterocycles. The van der Waals surface area contributed by atoms with Gasteiger partial charge >= 0.3 is 0 Å². The summed E-state index contributed by atoms with van der Waals surface area (Å²) in [5, 5.41) is 12.6. The summed E-state index contributed by atoms with van der Waals surface area (Å²) >= 11 is 1.84. The number of hydrogen-bond acceptors (Lipinski definition) is 3. The number of nitrogens with one attached hydrogen (secondary N) is 1. The van der Waals surface area contributed by atoms with E-state index in [-0.39, 0.29) is 6.61 Å². The van der Waals surface area contributed by atoms with Gasteiger partial charge in [-0.1, -0.05) is 27.2 Å². The Kier molecular flexibility index (Phi) is 7.81. The lowest BCUT2D eigenvalue weighted by atomic mass is 10.0. The molecule has 80 valence electrons. The van der Waals surface area contributed by atoms with Gasteiger partial charge in [0.15, 0.2) is 0 Å². The van der Waals surface area contributed by atoms with Crippen LogP contribution in [0.25, 0.3) is 0 Å². The minimum Gasteiger partial charge on any atom is -0.395 e. The molecule has 13 heavy (non-hydrogen) atoms. The molecule has 0 amide bonds. The molecular formula is C10H23NOS. The maximum atomic E-state index is 8.87. The number of hydrogen-bond donors (Lipinski definition) is 2. The number of thioether (sulfide) groups is 1. The van der Waals surface area contributed by atoms with Crippen LogP contribution in [0.15, 0.2) is 0 Å². The van der Waals surface area contributed by atoms with Crippen LogP contribution in [0.3, 0.4) is 0 Å². The molecule has 0 heterocycles. The van der Waals surface area contributed by atoms with Gasteiger partial charge in [0.25, 0.3) is 0 Å². The van der Waals surface area contributed by atoms with E-state index in [1.54, 1.807) is 0 Å². The van der Waals surface area contributed by atoms with Gasteiger partial charge in [-0.25, -0.2) is 0 Å². The summed E-state index contributed by atoms with van der Waals surface area (Å²) in [5.74, 6) is 1.80. The summed E-state index contributed by atoms with van der Waals surface area (Å²) in [4.78, 5) is 0. The predicted octanol–water partition coefficient (Wildman–Crippen LogP) is 1.73. The van der Waals surface area contributed by atoms with Crippen molar-refractivity contribution in [1.82, 2.24) is 5.32 Å². The van der Waals surface area contributed by atoms with Crippen molar-refractivity contribution >= 4 is 11.8 Å². The molecule has 3 atom stereocenters. The van der Waals surface area contributed by atoms with E-state index < -0.39 is 0 Å². The van der Waals surface area contributed by atoms with E-state index in [0.29, 0.717) is 17.2 Å². The molecule has 2 nitrogen and oxygen atoms in total. The second-order valence-corrected chi connectivity index (χ2v) is 5.08. The highest BCUT2D eigenvalue weighted by atomic mass is 32.2. The smallest absolute Gasteiger partial charge is 0.0547 e. The first-order valence-corrected chi connectivity index (χ1v) is 6.10. The van der Waals surface area contributed by atoms with Crippen LogP contribution in [0, 0.1) is 5.92 Å². The second-order valence-electron chi connectivity index (χ2n) is 3.61. The van der Waals surface area contributed by atoms with Gasteiger partial charge in [-0.2, -0.15) is 11.8 Å². The van der Waals surface area contributed by atoms with Crippen molar-refractivity contribution in [2.45, 2.75) is 38.5 Å². The van der Waals surface area contributed by atoms with Gasteiger partial charge in [-0.15, -0.1) is 0 Å². The topological polar surface area (TPSA) is 32.3 Å². The minimum atomic E-state index is 0.279. The minimum absolute atomic E-state index is 0.279. The zero-order valence-corrected chi connectivity index (χ0v) is 10.0. The van der Waals surface area contributed by atoms with Crippen LogP contribution < -0.4 is 5.32 Å². The Morgan fingerprint density at radius 3 is 2.38 bits per heavy atom. The van der Waals surface area contributed by atoms with Crippen molar-refractivity contribution < 1.29 is 5.11 Å². The Morgan fingerprint density at radius 1 is 1.38 bits per heavy atom. The van der Waals surface area contributed by atoms with E-state index in [9.17, 15) is 0 Å². The lowest BCUT2D eigenvalue weighted by Crippen LogP contribution is -2.34. The van der Waals surface area contributed by atoms with Gasteiger partial charge < -0.3 is 10.4 Å². The van der Waals surface area contributed by atoms with Crippen molar-refractivity contribution in [3.63, 3.8) is 0 Å². The molecule has 0 radical (unpaired) electrons. The Bertz CT molecular complexity index is 121. The van der Waals surface area contributed by atoms with Crippen LogP contribution >= 0.6 is 11.8 Å². The van der Waals surface area contributed by atoms with E-state index in [0.717, 1.165) is 5.75 Å². The lowest BCUT2D eigenvalue weighted by molar-refractivity contribution is 0.299. The molecule has 2 N–H and O–H groups in total. The van der Waals surface area contributed by atoms with Gasteiger partial charge in [0.1, 0.15) is 0 Å². The van der Waals surface area contributed by atoms with Crippen LogP contribution in [0.5, 0.6) is 0 Å². The second kappa shape index (κ2) is 7.65. The fourth-order valence-electron chi connectivity index (χ4n) is 1.14. The Hall–Kier alpha value is 0.270. The number of rotatable bonds is 7. The van der Waals surface area contributed by atoms with Gasteiger partial charge in [-0.3, -0.25) is 0 Å². The number of aliphatic hydroxyl groups is 1. The number of aliphatic hydroxyl groups excluding tert-OH is 1. The van der Waals surface area contributed by atoms with E-state index in [1.165, 1.54) is 6.42 Å². The summed E-state index contributed by atoms with van der Waals surface area (Å²) in [6.45, 7) is 6.83. The quantitative estimate of drug-likeness (QED) is 0.664. The first-order chi connectivity index (χ1) is 6.15. The molecule has 0 saturated carbocycles. The first-order valence-electron chi connectivity index (χ1n) is 5.05. The molecule has 3 unspecified atom stereocenters. The van der Waals surface area contributed by atoms with Gasteiger partial charge in [0, 0.05) is 17.0 Å². The molecule has 3 heteroatoms. The zero-order valence-electron chi connectivity index (χ0n) is 9.21. The highest BCUT2D eigenvalue weighted by Gasteiger charge is 2.14. The zero-order chi connectivity index (χ0) is 10.3. The van der Waals surface area contributed by atoms with E-state index in [4.69, 9.17) is 5.11 Å². The van der Waals surface area contributed by atoms with E-state index in [1.807, 2.05) is 18.8 Å². The maximum Gasteiger partial charge on any atom is 0.0547 e. The van der Waals surface area contributed by atoms with Crippen LogP contribution in [0.4, 0.5) is 0 Å². The molecule has 0 bridgehead atoms. The SMILES string of the molecule is CCC(C)C(CSC(C)CO)NC. The van der Waals surface area contributed by atoms with E-state index >= 15 is 0 Å². The average Bonchev–Trinajstić information content (AvgIpc) is 2.17. The molecule has 0 aromatic heterocycles. The lowest BCUT2D eigenvalue weighted by Gasteiger charge is -2.23.